The van der Waals surface area contributed by atoms with Crippen LogP contribution in [0.4, 0.5) is 0 Å². The minimum absolute atomic E-state index is 0.0268. The molecule has 0 spiro atoms. The lowest BCUT2D eigenvalue weighted by Crippen LogP contribution is -2.71. The molecule has 1 heterocycles. The third kappa shape index (κ3) is 3.58. The number of hydrogen-bond acceptors (Lipinski definition) is 2. The van der Waals surface area contributed by atoms with Crippen LogP contribution < -0.4 is 10.4 Å². The number of hydrogen-bond donors (Lipinski definition) is 0. The molecule has 0 radical (unpaired) electrons. The Morgan fingerprint density at radius 2 is 1.27 bits per heavy atom. The lowest BCUT2D eigenvalue weighted by Gasteiger charge is -2.54. The highest BCUT2D eigenvalue weighted by atomic mass is 28.4. The second kappa shape index (κ2) is 8.35. The van der Waals surface area contributed by atoms with Gasteiger partial charge in [0.15, 0.2) is 0 Å². The van der Waals surface area contributed by atoms with Gasteiger partial charge in [0.1, 0.15) is 0 Å². The fourth-order valence-corrected chi connectivity index (χ4v) is 8.46. The standard InChI is InChI=1S/C27H30O2Si/c1-5-21(2)25-27(3,4)26(22-15-9-6-10-16-22)29-30(28-25,23-17-11-7-12-18-23)24-19-13-8-14-20-24/h5-21,25-26H,1H2,2-4H3. The predicted molar refractivity (Wildman–Crippen MR) is 126 cm³/mol. The average molecular weight is 415 g/mol. The zero-order valence-corrected chi connectivity index (χ0v) is 19.0. The van der Waals surface area contributed by atoms with Gasteiger partial charge in [-0.15, -0.1) is 6.58 Å². The van der Waals surface area contributed by atoms with Crippen molar-refractivity contribution in [3.05, 3.63) is 109 Å². The highest BCUT2D eigenvalue weighted by Crippen LogP contribution is 2.49. The Kier molecular flexibility index (Phi) is 5.78. The van der Waals surface area contributed by atoms with Crippen LogP contribution in [0, 0.1) is 11.3 Å². The molecule has 3 aromatic rings. The Bertz CT molecular complexity index is 930. The van der Waals surface area contributed by atoms with Crippen molar-refractivity contribution in [3.63, 3.8) is 0 Å². The molecule has 3 atom stereocenters. The van der Waals surface area contributed by atoms with E-state index in [1.165, 1.54) is 5.56 Å². The lowest BCUT2D eigenvalue weighted by atomic mass is 9.73. The highest BCUT2D eigenvalue weighted by molar-refractivity contribution is 6.92. The smallest absolute Gasteiger partial charge is 0.383 e. The SMILES string of the molecule is C=CC(C)C1O[Si](c2ccccc2)(c2ccccc2)OC(c2ccccc2)C1(C)C. The third-order valence-corrected chi connectivity index (χ3v) is 9.59. The van der Waals surface area contributed by atoms with Gasteiger partial charge in [-0.1, -0.05) is 118 Å². The summed E-state index contributed by atoms with van der Waals surface area (Å²) in [5.74, 6) is 0.189. The quantitative estimate of drug-likeness (QED) is 0.419. The first-order chi connectivity index (χ1) is 14.5. The molecule has 3 unspecified atom stereocenters. The van der Waals surface area contributed by atoms with Crippen molar-refractivity contribution in [2.24, 2.45) is 11.3 Å². The Morgan fingerprint density at radius 3 is 1.73 bits per heavy atom. The maximum absolute atomic E-state index is 7.15. The van der Waals surface area contributed by atoms with Crippen molar-refractivity contribution >= 4 is 18.9 Å². The molecular formula is C27H30O2Si. The van der Waals surface area contributed by atoms with Gasteiger partial charge in [0.2, 0.25) is 0 Å². The van der Waals surface area contributed by atoms with Crippen LogP contribution in [0.2, 0.25) is 0 Å². The molecule has 154 valence electrons. The summed E-state index contributed by atoms with van der Waals surface area (Å²) in [6, 6.07) is 31.5. The molecule has 0 aromatic heterocycles. The average Bonchev–Trinajstić information content (AvgIpc) is 2.80. The fraction of sp³-hybridized carbons (Fsp3) is 0.259. The van der Waals surface area contributed by atoms with Crippen molar-refractivity contribution < 1.29 is 8.85 Å². The summed E-state index contributed by atoms with van der Waals surface area (Å²) < 4.78 is 14.3. The molecule has 2 nitrogen and oxygen atoms in total. The zero-order valence-electron chi connectivity index (χ0n) is 18.0. The summed E-state index contributed by atoms with van der Waals surface area (Å²) in [5, 5.41) is 2.27. The van der Waals surface area contributed by atoms with E-state index in [9.17, 15) is 0 Å². The van der Waals surface area contributed by atoms with E-state index in [2.05, 4.69) is 106 Å². The summed E-state index contributed by atoms with van der Waals surface area (Å²) in [6.45, 7) is 10.8. The van der Waals surface area contributed by atoms with Crippen LogP contribution >= 0.6 is 0 Å². The Labute approximate surface area is 181 Å². The van der Waals surface area contributed by atoms with E-state index in [4.69, 9.17) is 8.85 Å². The normalized spacial score (nSPS) is 23.4. The molecule has 0 saturated carbocycles. The van der Waals surface area contributed by atoms with Crippen molar-refractivity contribution in [2.75, 3.05) is 0 Å². The van der Waals surface area contributed by atoms with Gasteiger partial charge >= 0.3 is 8.56 Å². The molecular weight excluding hydrogens is 384 g/mol. The summed E-state index contributed by atoms with van der Waals surface area (Å²) in [4.78, 5) is 0. The molecule has 30 heavy (non-hydrogen) atoms. The van der Waals surface area contributed by atoms with Gasteiger partial charge in [-0.3, -0.25) is 0 Å². The van der Waals surface area contributed by atoms with E-state index in [1.807, 2.05) is 18.2 Å². The molecule has 3 aromatic carbocycles. The molecule has 1 saturated heterocycles. The maximum atomic E-state index is 7.15. The largest absolute Gasteiger partial charge is 0.407 e. The summed E-state index contributed by atoms with van der Waals surface area (Å²) in [6.07, 6.45) is 1.89. The monoisotopic (exact) mass is 414 g/mol. The predicted octanol–water partition coefficient (Wildman–Crippen LogP) is 5.25. The zero-order chi connectivity index (χ0) is 21.2. The van der Waals surface area contributed by atoms with E-state index in [-0.39, 0.29) is 23.5 Å². The molecule has 3 heteroatoms. The van der Waals surface area contributed by atoms with Gasteiger partial charge < -0.3 is 8.85 Å². The van der Waals surface area contributed by atoms with Crippen LogP contribution in [-0.2, 0) is 8.85 Å². The minimum Gasteiger partial charge on any atom is -0.383 e. The van der Waals surface area contributed by atoms with Gasteiger partial charge in [0.05, 0.1) is 12.2 Å². The Hall–Kier alpha value is -2.46. The molecule has 1 aliphatic rings. The number of rotatable bonds is 5. The van der Waals surface area contributed by atoms with E-state index >= 15 is 0 Å². The third-order valence-electron chi connectivity index (χ3n) is 6.25. The van der Waals surface area contributed by atoms with Crippen molar-refractivity contribution in [1.29, 1.82) is 0 Å². The Morgan fingerprint density at radius 1 is 0.800 bits per heavy atom. The van der Waals surface area contributed by atoms with Crippen LogP contribution in [0.5, 0.6) is 0 Å². The molecule has 4 rings (SSSR count). The van der Waals surface area contributed by atoms with Gasteiger partial charge in [0, 0.05) is 5.41 Å². The number of benzene rings is 3. The maximum Gasteiger partial charge on any atom is 0.407 e. The lowest BCUT2D eigenvalue weighted by molar-refractivity contribution is -0.109. The van der Waals surface area contributed by atoms with Crippen LogP contribution in [0.25, 0.3) is 0 Å². The molecule has 0 N–H and O–H groups in total. The van der Waals surface area contributed by atoms with E-state index < -0.39 is 8.56 Å². The first kappa shape index (κ1) is 20.8. The second-order valence-corrected chi connectivity index (χ2v) is 11.6. The summed E-state index contributed by atoms with van der Waals surface area (Å²) >= 11 is 0. The van der Waals surface area contributed by atoms with Crippen molar-refractivity contribution in [2.45, 2.75) is 33.0 Å². The molecule has 1 aliphatic heterocycles. The van der Waals surface area contributed by atoms with Crippen LogP contribution in [0.15, 0.2) is 104 Å². The minimum atomic E-state index is -2.96. The van der Waals surface area contributed by atoms with E-state index in [0.717, 1.165) is 10.4 Å². The molecule has 0 aliphatic carbocycles. The van der Waals surface area contributed by atoms with Gasteiger partial charge in [0.25, 0.3) is 0 Å². The van der Waals surface area contributed by atoms with Crippen molar-refractivity contribution in [3.8, 4) is 0 Å². The summed E-state index contributed by atoms with van der Waals surface area (Å²) in [7, 11) is -2.96. The summed E-state index contributed by atoms with van der Waals surface area (Å²) in [5.41, 5.74) is 0.963. The van der Waals surface area contributed by atoms with Gasteiger partial charge in [-0.05, 0) is 21.9 Å². The van der Waals surface area contributed by atoms with Gasteiger partial charge in [-0.25, -0.2) is 0 Å². The molecule has 0 bridgehead atoms. The first-order valence-corrected chi connectivity index (χ1v) is 12.4. The van der Waals surface area contributed by atoms with E-state index in [1.54, 1.807) is 0 Å². The van der Waals surface area contributed by atoms with Crippen LogP contribution in [0.1, 0.15) is 32.4 Å². The molecule has 0 amide bonds. The molecule has 1 fully saturated rings. The van der Waals surface area contributed by atoms with Crippen molar-refractivity contribution in [1.82, 2.24) is 0 Å². The van der Waals surface area contributed by atoms with Gasteiger partial charge in [-0.2, -0.15) is 0 Å². The van der Waals surface area contributed by atoms with E-state index in [0.29, 0.717) is 0 Å². The topological polar surface area (TPSA) is 18.5 Å². The first-order valence-electron chi connectivity index (χ1n) is 10.6. The fourth-order valence-electron chi connectivity index (χ4n) is 4.61. The second-order valence-electron chi connectivity index (χ2n) is 8.71. The Balaban J connectivity index is 1.95. The van der Waals surface area contributed by atoms with Crippen LogP contribution in [0.3, 0.4) is 0 Å². The van der Waals surface area contributed by atoms with Crippen LogP contribution in [-0.4, -0.2) is 14.7 Å². The highest BCUT2D eigenvalue weighted by Gasteiger charge is 2.57.